The van der Waals surface area contributed by atoms with Gasteiger partial charge in [0.15, 0.2) is 0 Å². The second-order valence-electron chi connectivity index (χ2n) is 4.80. The summed E-state index contributed by atoms with van der Waals surface area (Å²) in [5.41, 5.74) is 0.711. The highest BCUT2D eigenvalue weighted by atomic mass is 19.1. The molecule has 1 N–H and O–H groups in total. The van der Waals surface area contributed by atoms with Gasteiger partial charge in [-0.2, -0.15) is 0 Å². The van der Waals surface area contributed by atoms with Crippen LogP contribution in [0.25, 0.3) is 0 Å². The van der Waals surface area contributed by atoms with Gasteiger partial charge in [-0.3, -0.25) is 0 Å². The summed E-state index contributed by atoms with van der Waals surface area (Å²) < 4.78 is 13.7. The molecule has 18 heavy (non-hydrogen) atoms. The normalized spacial score (nSPS) is 12.4. The molecular weight excluding hydrogens is 227 g/mol. The Labute approximate surface area is 110 Å². The van der Waals surface area contributed by atoms with Crippen molar-refractivity contribution in [1.82, 2.24) is 5.32 Å². The summed E-state index contributed by atoms with van der Waals surface area (Å²) in [6.07, 6.45) is 1.15. The molecule has 0 heterocycles. The van der Waals surface area contributed by atoms with E-state index in [2.05, 4.69) is 31.0 Å². The van der Waals surface area contributed by atoms with Crippen LogP contribution < -0.4 is 10.2 Å². The number of hydrogen-bond acceptors (Lipinski definition) is 2. The maximum atomic E-state index is 13.7. The SMILES string of the molecule is CCCNCC(C)CN(CC)c1ccccc1F. The van der Waals surface area contributed by atoms with E-state index >= 15 is 0 Å². The Morgan fingerprint density at radius 3 is 2.61 bits per heavy atom. The molecule has 0 aromatic heterocycles. The van der Waals surface area contributed by atoms with Crippen molar-refractivity contribution in [2.24, 2.45) is 5.92 Å². The first-order valence-corrected chi connectivity index (χ1v) is 6.89. The first kappa shape index (κ1) is 15.0. The second-order valence-corrected chi connectivity index (χ2v) is 4.80. The van der Waals surface area contributed by atoms with Gasteiger partial charge < -0.3 is 10.2 Å². The number of nitrogens with one attached hydrogen (secondary N) is 1. The lowest BCUT2D eigenvalue weighted by Gasteiger charge is -2.27. The summed E-state index contributed by atoms with van der Waals surface area (Å²) >= 11 is 0. The van der Waals surface area contributed by atoms with Crippen LogP contribution in [0.4, 0.5) is 10.1 Å². The lowest BCUT2D eigenvalue weighted by atomic mass is 10.1. The molecule has 0 aliphatic heterocycles. The molecule has 2 nitrogen and oxygen atoms in total. The van der Waals surface area contributed by atoms with Crippen LogP contribution in [0.3, 0.4) is 0 Å². The largest absolute Gasteiger partial charge is 0.369 e. The number of hydrogen-bond donors (Lipinski definition) is 1. The van der Waals surface area contributed by atoms with E-state index in [1.54, 1.807) is 6.07 Å². The van der Waals surface area contributed by atoms with Gasteiger partial charge in [0.1, 0.15) is 5.82 Å². The van der Waals surface area contributed by atoms with E-state index in [1.807, 2.05) is 12.1 Å². The molecular formula is C15H25FN2. The minimum atomic E-state index is -0.131. The highest BCUT2D eigenvalue weighted by Crippen LogP contribution is 2.19. The fourth-order valence-corrected chi connectivity index (χ4v) is 2.07. The number of halogens is 1. The van der Waals surface area contributed by atoms with Crippen molar-refractivity contribution in [1.29, 1.82) is 0 Å². The van der Waals surface area contributed by atoms with E-state index in [4.69, 9.17) is 0 Å². The van der Waals surface area contributed by atoms with Gasteiger partial charge in [-0.15, -0.1) is 0 Å². The minimum absolute atomic E-state index is 0.131. The summed E-state index contributed by atoms with van der Waals surface area (Å²) in [4.78, 5) is 2.10. The Balaban J connectivity index is 2.54. The minimum Gasteiger partial charge on any atom is -0.369 e. The van der Waals surface area contributed by atoms with E-state index < -0.39 is 0 Å². The molecule has 0 aliphatic carbocycles. The lowest BCUT2D eigenvalue weighted by molar-refractivity contribution is 0.501. The Kier molecular flexibility index (Phi) is 6.73. The molecule has 0 radical (unpaired) electrons. The van der Waals surface area contributed by atoms with Crippen LogP contribution >= 0.6 is 0 Å². The molecule has 1 atom stereocenters. The summed E-state index contributed by atoms with van der Waals surface area (Å²) in [5.74, 6) is 0.379. The fraction of sp³-hybridized carbons (Fsp3) is 0.600. The number of benzene rings is 1. The van der Waals surface area contributed by atoms with E-state index in [9.17, 15) is 4.39 Å². The number of para-hydroxylation sites is 1. The van der Waals surface area contributed by atoms with Crippen LogP contribution in [0.2, 0.25) is 0 Å². The van der Waals surface area contributed by atoms with Gasteiger partial charge in [0.25, 0.3) is 0 Å². The van der Waals surface area contributed by atoms with Gasteiger partial charge in [0.05, 0.1) is 5.69 Å². The third-order valence-electron chi connectivity index (χ3n) is 3.03. The van der Waals surface area contributed by atoms with E-state index in [0.717, 1.165) is 32.6 Å². The predicted octanol–water partition coefficient (Wildman–Crippen LogP) is 3.29. The Hall–Kier alpha value is -1.09. The van der Waals surface area contributed by atoms with Gasteiger partial charge >= 0.3 is 0 Å². The summed E-state index contributed by atoms with van der Waals surface area (Å²) in [6.45, 7) is 10.2. The summed E-state index contributed by atoms with van der Waals surface area (Å²) in [6, 6.07) is 7.00. The van der Waals surface area contributed by atoms with Crippen molar-refractivity contribution < 1.29 is 4.39 Å². The van der Waals surface area contributed by atoms with Crippen molar-refractivity contribution in [2.75, 3.05) is 31.1 Å². The van der Waals surface area contributed by atoms with E-state index in [-0.39, 0.29) is 5.82 Å². The standard InChI is InChI=1S/C15H25FN2/c1-4-10-17-11-13(3)12-18(5-2)15-9-7-6-8-14(15)16/h6-9,13,17H,4-5,10-12H2,1-3H3. The molecule has 0 saturated carbocycles. The average molecular weight is 252 g/mol. The Morgan fingerprint density at radius 1 is 1.28 bits per heavy atom. The maximum Gasteiger partial charge on any atom is 0.146 e. The van der Waals surface area contributed by atoms with Crippen molar-refractivity contribution in [3.05, 3.63) is 30.1 Å². The Morgan fingerprint density at radius 2 is 2.00 bits per heavy atom. The molecule has 0 fully saturated rings. The van der Waals surface area contributed by atoms with Gasteiger partial charge in [0.2, 0.25) is 0 Å². The second kappa shape index (κ2) is 8.09. The van der Waals surface area contributed by atoms with E-state index in [0.29, 0.717) is 11.6 Å². The van der Waals surface area contributed by atoms with Crippen LogP contribution in [0.15, 0.2) is 24.3 Å². The smallest absolute Gasteiger partial charge is 0.146 e. The van der Waals surface area contributed by atoms with Crippen molar-refractivity contribution in [3.63, 3.8) is 0 Å². The Bertz CT molecular complexity index is 341. The van der Waals surface area contributed by atoms with Gasteiger partial charge in [-0.1, -0.05) is 26.0 Å². The predicted molar refractivity (Wildman–Crippen MR) is 76.6 cm³/mol. The van der Waals surface area contributed by atoms with Gasteiger partial charge in [-0.05, 0) is 44.5 Å². The van der Waals surface area contributed by atoms with Crippen LogP contribution in [-0.4, -0.2) is 26.2 Å². The third kappa shape index (κ3) is 4.65. The molecule has 102 valence electrons. The van der Waals surface area contributed by atoms with Crippen LogP contribution in [0, 0.1) is 11.7 Å². The lowest BCUT2D eigenvalue weighted by Crippen LogP contribution is -2.34. The van der Waals surface area contributed by atoms with Crippen molar-refractivity contribution in [3.8, 4) is 0 Å². The summed E-state index contributed by atoms with van der Waals surface area (Å²) in [5, 5.41) is 3.41. The van der Waals surface area contributed by atoms with Crippen LogP contribution in [0.1, 0.15) is 27.2 Å². The molecule has 0 bridgehead atoms. The molecule has 0 amide bonds. The zero-order valence-electron chi connectivity index (χ0n) is 11.7. The molecule has 0 spiro atoms. The highest BCUT2D eigenvalue weighted by molar-refractivity contribution is 5.47. The molecule has 0 saturated heterocycles. The zero-order chi connectivity index (χ0) is 13.4. The first-order chi connectivity index (χ1) is 8.69. The number of anilines is 1. The van der Waals surface area contributed by atoms with Crippen LogP contribution in [0.5, 0.6) is 0 Å². The molecule has 1 aromatic carbocycles. The number of rotatable bonds is 8. The molecule has 1 unspecified atom stereocenters. The molecule has 1 aromatic rings. The maximum absolute atomic E-state index is 13.7. The quantitative estimate of drug-likeness (QED) is 0.714. The summed E-state index contributed by atoms with van der Waals surface area (Å²) in [7, 11) is 0. The molecule has 0 aliphatic rings. The molecule has 1 rings (SSSR count). The topological polar surface area (TPSA) is 15.3 Å². The third-order valence-corrected chi connectivity index (χ3v) is 3.03. The van der Waals surface area contributed by atoms with Gasteiger partial charge in [0, 0.05) is 13.1 Å². The first-order valence-electron chi connectivity index (χ1n) is 6.89. The van der Waals surface area contributed by atoms with E-state index in [1.165, 1.54) is 6.07 Å². The van der Waals surface area contributed by atoms with Crippen LogP contribution in [-0.2, 0) is 0 Å². The highest BCUT2D eigenvalue weighted by Gasteiger charge is 2.12. The zero-order valence-corrected chi connectivity index (χ0v) is 11.7. The fourth-order valence-electron chi connectivity index (χ4n) is 2.07. The molecule has 3 heteroatoms. The monoisotopic (exact) mass is 252 g/mol. The van der Waals surface area contributed by atoms with Crippen molar-refractivity contribution >= 4 is 5.69 Å². The van der Waals surface area contributed by atoms with Gasteiger partial charge in [-0.25, -0.2) is 4.39 Å². The number of nitrogens with zero attached hydrogens (tertiary/aromatic N) is 1. The average Bonchev–Trinajstić information content (AvgIpc) is 2.37. The van der Waals surface area contributed by atoms with Crippen molar-refractivity contribution in [2.45, 2.75) is 27.2 Å².